The number of rotatable bonds is 1. The van der Waals surface area contributed by atoms with Crippen LogP contribution in [0.15, 0.2) is 6.07 Å². The topological polar surface area (TPSA) is 58.1 Å². The highest BCUT2D eigenvalue weighted by Crippen LogP contribution is 2.13. The van der Waals surface area contributed by atoms with Gasteiger partial charge in [-0.2, -0.15) is 10.2 Å². The molecule has 0 saturated carbocycles. The highest BCUT2D eigenvalue weighted by atomic mass is 16.2. The number of carbonyl (C=O) groups excluding carboxylic acids is 1. The molecule has 2 atom stereocenters. The van der Waals surface area contributed by atoms with E-state index in [0.29, 0.717) is 23.3 Å². The van der Waals surface area contributed by atoms with Crippen molar-refractivity contribution in [3.8, 4) is 0 Å². The Labute approximate surface area is 108 Å². The Hall–Kier alpha value is -1.49. The first-order chi connectivity index (χ1) is 8.47. The Kier molecular flexibility index (Phi) is 3.61. The summed E-state index contributed by atoms with van der Waals surface area (Å²) >= 11 is 0. The highest BCUT2D eigenvalue weighted by molar-refractivity contribution is 5.95. The maximum atomic E-state index is 12.5. The van der Waals surface area contributed by atoms with Crippen LogP contribution in [-0.2, 0) is 0 Å². The second-order valence-corrected chi connectivity index (χ2v) is 5.16. The number of aromatic nitrogens is 2. The Morgan fingerprint density at radius 1 is 1.28 bits per heavy atom. The molecule has 0 spiro atoms. The van der Waals surface area contributed by atoms with Gasteiger partial charge in [0.2, 0.25) is 0 Å². The lowest BCUT2D eigenvalue weighted by Crippen LogP contribution is -2.55. The largest absolute Gasteiger partial charge is 0.335 e. The fraction of sp³-hybridized carbons (Fsp3) is 0.615. The first-order valence-electron chi connectivity index (χ1n) is 6.33. The number of hydrogen-bond acceptors (Lipinski definition) is 4. The van der Waals surface area contributed by atoms with Crippen molar-refractivity contribution >= 4 is 5.91 Å². The molecule has 18 heavy (non-hydrogen) atoms. The molecule has 0 aromatic carbocycles. The molecule has 1 aromatic heterocycles. The average molecular weight is 248 g/mol. The van der Waals surface area contributed by atoms with Crippen LogP contribution in [0.1, 0.15) is 35.6 Å². The third-order valence-electron chi connectivity index (χ3n) is 3.18. The van der Waals surface area contributed by atoms with Crippen molar-refractivity contribution in [2.45, 2.75) is 39.8 Å². The summed E-state index contributed by atoms with van der Waals surface area (Å²) in [6.07, 6.45) is 0. The molecule has 5 heteroatoms. The number of nitrogens with zero attached hydrogens (tertiary/aromatic N) is 3. The molecule has 2 rings (SSSR count). The average Bonchev–Trinajstić information content (AvgIpc) is 2.30. The van der Waals surface area contributed by atoms with Gasteiger partial charge in [0.15, 0.2) is 0 Å². The third-order valence-corrected chi connectivity index (χ3v) is 3.18. The van der Waals surface area contributed by atoms with E-state index in [1.807, 2.05) is 24.8 Å². The molecule has 2 heterocycles. The van der Waals surface area contributed by atoms with Crippen LogP contribution < -0.4 is 5.32 Å². The van der Waals surface area contributed by atoms with Crippen molar-refractivity contribution in [1.82, 2.24) is 20.4 Å². The van der Waals surface area contributed by atoms with Gasteiger partial charge in [0, 0.05) is 25.2 Å². The van der Waals surface area contributed by atoms with Gasteiger partial charge in [-0.25, -0.2) is 0 Å². The second-order valence-electron chi connectivity index (χ2n) is 5.16. The molecule has 1 N–H and O–H groups in total. The zero-order chi connectivity index (χ0) is 13.3. The number of aryl methyl sites for hydroxylation is 2. The smallest absolute Gasteiger partial charge is 0.255 e. The molecule has 1 aliphatic rings. The van der Waals surface area contributed by atoms with Crippen molar-refractivity contribution in [3.63, 3.8) is 0 Å². The van der Waals surface area contributed by atoms with E-state index in [2.05, 4.69) is 29.4 Å². The van der Waals surface area contributed by atoms with Crippen LogP contribution >= 0.6 is 0 Å². The van der Waals surface area contributed by atoms with Gasteiger partial charge < -0.3 is 10.2 Å². The van der Waals surface area contributed by atoms with Crippen molar-refractivity contribution in [2.75, 3.05) is 13.1 Å². The Morgan fingerprint density at radius 2 is 1.89 bits per heavy atom. The fourth-order valence-electron chi connectivity index (χ4n) is 2.43. The summed E-state index contributed by atoms with van der Waals surface area (Å²) in [6, 6.07) is 2.48. The molecular formula is C13H20N4O. The summed E-state index contributed by atoms with van der Waals surface area (Å²) in [5, 5.41) is 11.4. The van der Waals surface area contributed by atoms with E-state index in [9.17, 15) is 4.79 Å². The van der Waals surface area contributed by atoms with Crippen molar-refractivity contribution in [3.05, 3.63) is 23.0 Å². The molecular weight excluding hydrogens is 228 g/mol. The van der Waals surface area contributed by atoms with E-state index < -0.39 is 0 Å². The summed E-state index contributed by atoms with van der Waals surface area (Å²) < 4.78 is 0. The fourth-order valence-corrected chi connectivity index (χ4v) is 2.43. The van der Waals surface area contributed by atoms with Gasteiger partial charge in [-0.3, -0.25) is 4.79 Å². The minimum absolute atomic E-state index is 0.0608. The van der Waals surface area contributed by atoms with Crippen LogP contribution in [0.25, 0.3) is 0 Å². The van der Waals surface area contributed by atoms with E-state index in [1.54, 1.807) is 0 Å². The van der Waals surface area contributed by atoms with Gasteiger partial charge in [0.05, 0.1) is 17.0 Å². The van der Waals surface area contributed by atoms with Crippen LogP contribution in [0.5, 0.6) is 0 Å². The first kappa shape index (κ1) is 13.0. The highest BCUT2D eigenvalue weighted by Gasteiger charge is 2.26. The number of carbonyl (C=O) groups is 1. The second kappa shape index (κ2) is 5.02. The van der Waals surface area contributed by atoms with E-state index in [0.717, 1.165) is 18.8 Å². The lowest BCUT2D eigenvalue weighted by atomic mass is 10.1. The standard InChI is InChI=1S/C13H20N4O/c1-8-5-12(11(4)16-15-8)13(18)17-6-9(2)14-10(3)7-17/h5,9-10,14H,6-7H2,1-4H3. The van der Waals surface area contributed by atoms with Crippen molar-refractivity contribution in [2.24, 2.45) is 0 Å². The molecule has 1 fully saturated rings. The van der Waals surface area contributed by atoms with Crippen LogP contribution in [0, 0.1) is 13.8 Å². The number of nitrogens with one attached hydrogen (secondary N) is 1. The van der Waals surface area contributed by atoms with Gasteiger partial charge in [-0.05, 0) is 33.8 Å². The normalized spacial score (nSPS) is 24.1. The summed E-state index contributed by atoms with van der Waals surface area (Å²) in [5.74, 6) is 0.0608. The van der Waals surface area contributed by atoms with Crippen LogP contribution in [0.3, 0.4) is 0 Å². The lowest BCUT2D eigenvalue weighted by Gasteiger charge is -2.36. The molecule has 0 bridgehead atoms. The third kappa shape index (κ3) is 2.67. The molecule has 0 aliphatic carbocycles. The maximum absolute atomic E-state index is 12.5. The summed E-state index contributed by atoms with van der Waals surface area (Å²) in [7, 11) is 0. The predicted octanol–water partition coefficient (Wildman–Crippen LogP) is 0.916. The van der Waals surface area contributed by atoms with Crippen molar-refractivity contribution in [1.29, 1.82) is 0 Å². The molecule has 98 valence electrons. The minimum Gasteiger partial charge on any atom is -0.335 e. The van der Waals surface area contributed by atoms with Gasteiger partial charge in [0.1, 0.15) is 0 Å². The number of hydrogen-bond donors (Lipinski definition) is 1. The molecule has 2 unspecified atom stereocenters. The van der Waals surface area contributed by atoms with Gasteiger partial charge in [-0.1, -0.05) is 0 Å². The monoisotopic (exact) mass is 248 g/mol. The molecule has 1 aliphatic heterocycles. The van der Waals surface area contributed by atoms with Gasteiger partial charge >= 0.3 is 0 Å². The lowest BCUT2D eigenvalue weighted by molar-refractivity contribution is 0.0672. The van der Waals surface area contributed by atoms with Gasteiger partial charge in [-0.15, -0.1) is 0 Å². The molecule has 1 aromatic rings. The maximum Gasteiger partial charge on any atom is 0.255 e. The first-order valence-corrected chi connectivity index (χ1v) is 6.33. The zero-order valence-electron chi connectivity index (χ0n) is 11.4. The molecule has 1 saturated heterocycles. The van der Waals surface area contributed by atoms with E-state index >= 15 is 0 Å². The number of amides is 1. The summed E-state index contributed by atoms with van der Waals surface area (Å²) in [5.41, 5.74) is 2.15. The van der Waals surface area contributed by atoms with E-state index in [4.69, 9.17) is 0 Å². The van der Waals surface area contributed by atoms with Crippen LogP contribution in [0.4, 0.5) is 0 Å². The van der Waals surface area contributed by atoms with E-state index in [-0.39, 0.29) is 5.91 Å². The summed E-state index contributed by atoms with van der Waals surface area (Å²) in [6.45, 7) is 9.35. The van der Waals surface area contributed by atoms with Crippen LogP contribution in [0.2, 0.25) is 0 Å². The van der Waals surface area contributed by atoms with Crippen LogP contribution in [-0.4, -0.2) is 46.2 Å². The molecule has 0 radical (unpaired) electrons. The quantitative estimate of drug-likeness (QED) is 0.803. The molecule has 1 amide bonds. The SMILES string of the molecule is Cc1cc(C(=O)N2CC(C)NC(C)C2)c(C)nn1. The van der Waals surface area contributed by atoms with Crippen molar-refractivity contribution < 1.29 is 4.79 Å². The predicted molar refractivity (Wildman–Crippen MR) is 69.5 cm³/mol. The summed E-state index contributed by atoms with van der Waals surface area (Å²) in [4.78, 5) is 14.4. The Bertz CT molecular complexity index is 450. The molecule has 5 nitrogen and oxygen atoms in total. The zero-order valence-corrected chi connectivity index (χ0v) is 11.4. The van der Waals surface area contributed by atoms with E-state index in [1.165, 1.54) is 0 Å². The van der Waals surface area contributed by atoms with Gasteiger partial charge in [0.25, 0.3) is 5.91 Å². The minimum atomic E-state index is 0.0608. The number of piperazine rings is 1. The Balaban J connectivity index is 2.22. The Morgan fingerprint density at radius 3 is 2.50 bits per heavy atom.